The number of fused-ring (bicyclic) bond motifs is 3. The van der Waals surface area contributed by atoms with Crippen LogP contribution in [-0.2, 0) is 6.54 Å². The molecule has 9 heteroatoms. The Hall–Kier alpha value is -3.98. The van der Waals surface area contributed by atoms with Crippen LogP contribution in [-0.4, -0.2) is 20.4 Å². The lowest BCUT2D eigenvalue weighted by Gasteiger charge is -2.08. The Bertz CT molecular complexity index is 2210. The normalized spacial score (nSPS) is 11.9. The topological polar surface area (TPSA) is 65.3 Å². The van der Waals surface area contributed by atoms with E-state index in [1.54, 1.807) is 24.4 Å². The van der Waals surface area contributed by atoms with Crippen molar-refractivity contribution in [3.63, 3.8) is 0 Å². The Morgan fingerprint density at radius 1 is 0.927 bits per heavy atom. The van der Waals surface area contributed by atoms with Crippen molar-refractivity contribution in [2.75, 3.05) is 0 Å². The summed E-state index contributed by atoms with van der Waals surface area (Å²) in [5.41, 5.74) is 3.99. The van der Waals surface area contributed by atoms with Gasteiger partial charge >= 0.3 is 0 Å². The molecule has 0 aliphatic rings. The molecule has 0 spiro atoms. The van der Waals surface area contributed by atoms with Crippen molar-refractivity contribution in [1.82, 2.24) is 14.2 Å². The van der Waals surface area contributed by atoms with Crippen LogP contribution in [0.25, 0.3) is 44.4 Å². The summed E-state index contributed by atoms with van der Waals surface area (Å²) in [6.07, 6.45) is 3.75. The first-order chi connectivity index (χ1) is 19.9. The van der Waals surface area contributed by atoms with Crippen LogP contribution in [0.4, 0.5) is 0 Å². The Labute approximate surface area is 255 Å². The van der Waals surface area contributed by atoms with E-state index < -0.39 is 0 Å². The molecule has 3 heterocycles. The van der Waals surface area contributed by atoms with Crippen molar-refractivity contribution in [2.45, 2.75) is 6.54 Å². The monoisotopic (exact) mass is 684 g/mol. The third-order valence-electron chi connectivity index (χ3n) is 6.94. The van der Waals surface area contributed by atoms with Crippen LogP contribution < -0.4 is 5.56 Å². The van der Waals surface area contributed by atoms with Crippen LogP contribution in [0.1, 0.15) is 11.1 Å². The lowest BCUT2D eigenvalue weighted by Crippen LogP contribution is -2.20. The first kappa shape index (κ1) is 26.0. The molecule has 0 aliphatic carbocycles. The number of benzene rings is 4. The van der Waals surface area contributed by atoms with E-state index in [0.29, 0.717) is 39.6 Å². The molecule has 0 atom stereocenters. The summed E-state index contributed by atoms with van der Waals surface area (Å²) in [5.74, 6) is 0.726. The molecule has 0 aliphatic heterocycles. The van der Waals surface area contributed by atoms with Gasteiger partial charge in [0.25, 0.3) is 5.56 Å². The molecule has 41 heavy (non-hydrogen) atoms. The molecule has 6 nitrogen and oxygen atoms in total. The van der Waals surface area contributed by atoms with Crippen LogP contribution in [0, 0.1) is 0 Å². The molecule has 0 N–H and O–H groups in total. The van der Waals surface area contributed by atoms with Gasteiger partial charge in [0, 0.05) is 48.6 Å². The Morgan fingerprint density at radius 3 is 2.59 bits per heavy atom. The van der Waals surface area contributed by atoms with Gasteiger partial charge in [-0.05, 0) is 60.2 Å². The maximum atomic E-state index is 13.7. The van der Waals surface area contributed by atoms with Gasteiger partial charge in [0.1, 0.15) is 5.58 Å². The second kappa shape index (κ2) is 10.4. The molecule has 7 aromatic rings. The van der Waals surface area contributed by atoms with Gasteiger partial charge in [0.15, 0.2) is 5.76 Å². The molecule has 0 saturated heterocycles. The van der Waals surface area contributed by atoms with Crippen molar-refractivity contribution < 1.29 is 4.42 Å². The van der Waals surface area contributed by atoms with Gasteiger partial charge in [0.05, 0.1) is 17.1 Å². The quantitative estimate of drug-likeness (QED) is 0.170. The average Bonchev–Trinajstić information content (AvgIpc) is 3.55. The third kappa shape index (κ3) is 4.82. The molecule has 0 amide bonds. The second-order valence-electron chi connectivity index (χ2n) is 9.57. The molecule has 3 aromatic heterocycles. The van der Waals surface area contributed by atoms with Crippen LogP contribution in [0.15, 0.2) is 120 Å². The van der Waals surface area contributed by atoms with Crippen molar-refractivity contribution in [3.8, 4) is 11.6 Å². The highest BCUT2D eigenvalue weighted by atomic mass is 79.9. The van der Waals surface area contributed by atoms with Gasteiger partial charge in [-0.15, -0.1) is 0 Å². The predicted octanol–water partition coefficient (Wildman–Crippen LogP) is 8.87. The highest BCUT2D eigenvalue weighted by Gasteiger charge is 2.17. The standard InChI is InChI=1S/C32H19Br2ClN4O2/c33-22-10-9-19(26(34)15-22)17-38-18-21(24-5-2-4-8-28(24)38)16-36-39-31(37-27-7-3-1-6-25(27)32(39)40)30-14-20-13-23(35)11-12-29(20)41-30/h1-16,18H,17H2. The molecule has 0 saturated carbocycles. The number of halogens is 3. The van der Waals surface area contributed by atoms with Crippen LogP contribution in [0.5, 0.6) is 0 Å². The average molecular weight is 687 g/mol. The molecular weight excluding hydrogens is 668 g/mol. The van der Waals surface area contributed by atoms with Crippen molar-refractivity contribution in [1.29, 1.82) is 0 Å². The Morgan fingerprint density at radius 2 is 1.73 bits per heavy atom. The maximum absolute atomic E-state index is 13.7. The molecule has 0 fully saturated rings. The smallest absolute Gasteiger partial charge is 0.282 e. The molecule has 7 rings (SSSR count). The lowest BCUT2D eigenvalue weighted by molar-refractivity contribution is 0.616. The van der Waals surface area contributed by atoms with Crippen molar-refractivity contribution >= 4 is 82.5 Å². The summed E-state index contributed by atoms with van der Waals surface area (Å²) in [6, 6.07) is 28.7. The van der Waals surface area contributed by atoms with E-state index in [1.807, 2.05) is 60.8 Å². The summed E-state index contributed by atoms with van der Waals surface area (Å²) in [4.78, 5) is 18.5. The second-order valence-corrected chi connectivity index (χ2v) is 11.8. The molecule has 4 aromatic carbocycles. The summed E-state index contributed by atoms with van der Waals surface area (Å²) < 4.78 is 11.6. The van der Waals surface area contributed by atoms with E-state index in [1.165, 1.54) is 4.68 Å². The summed E-state index contributed by atoms with van der Waals surface area (Å²) >= 11 is 13.4. The van der Waals surface area contributed by atoms with E-state index in [0.717, 1.165) is 36.4 Å². The Kier molecular flexibility index (Phi) is 6.61. The minimum absolute atomic E-state index is 0.289. The van der Waals surface area contributed by atoms with E-state index in [9.17, 15) is 4.79 Å². The van der Waals surface area contributed by atoms with Crippen LogP contribution in [0.3, 0.4) is 0 Å². The van der Waals surface area contributed by atoms with Crippen molar-refractivity contribution in [2.24, 2.45) is 5.10 Å². The number of furan rings is 1. The lowest BCUT2D eigenvalue weighted by atomic mass is 10.2. The van der Waals surface area contributed by atoms with Gasteiger partial charge in [0.2, 0.25) is 5.82 Å². The molecular formula is C32H19Br2ClN4O2. The van der Waals surface area contributed by atoms with E-state index in [2.05, 4.69) is 54.6 Å². The minimum Gasteiger partial charge on any atom is -0.453 e. The molecule has 200 valence electrons. The first-order valence-electron chi connectivity index (χ1n) is 12.7. The van der Waals surface area contributed by atoms with Gasteiger partial charge in [-0.25, -0.2) is 4.98 Å². The van der Waals surface area contributed by atoms with Crippen LogP contribution >= 0.6 is 43.5 Å². The van der Waals surface area contributed by atoms with E-state index in [4.69, 9.17) is 26.1 Å². The summed E-state index contributed by atoms with van der Waals surface area (Å²) in [7, 11) is 0. The van der Waals surface area contributed by atoms with Crippen LogP contribution in [0.2, 0.25) is 5.02 Å². The highest BCUT2D eigenvalue weighted by Crippen LogP contribution is 2.30. The fourth-order valence-corrected chi connectivity index (χ4v) is 6.33. The maximum Gasteiger partial charge on any atom is 0.282 e. The minimum atomic E-state index is -0.289. The molecule has 0 unspecified atom stereocenters. The summed E-state index contributed by atoms with van der Waals surface area (Å²) in [6.45, 7) is 0.659. The van der Waals surface area contributed by atoms with Gasteiger partial charge < -0.3 is 8.98 Å². The number of aromatic nitrogens is 3. The van der Waals surface area contributed by atoms with E-state index >= 15 is 0 Å². The zero-order valence-corrected chi connectivity index (χ0v) is 25.2. The van der Waals surface area contributed by atoms with Gasteiger partial charge in [-0.3, -0.25) is 4.79 Å². The number of hydrogen-bond acceptors (Lipinski definition) is 4. The Balaban J connectivity index is 1.37. The SMILES string of the molecule is O=c1c2ccccc2nc(-c2cc3cc(Cl)ccc3o2)n1N=Cc1cn(Cc2ccc(Br)cc2Br)c2ccccc12. The highest BCUT2D eigenvalue weighted by molar-refractivity contribution is 9.11. The van der Waals surface area contributed by atoms with Gasteiger partial charge in [-0.2, -0.15) is 9.78 Å². The fourth-order valence-electron chi connectivity index (χ4n) is 4.98. The van der Waals surface area contributed by atoms with Crippen molar-refractivity contribution in [3.05, 3.63) is 133 Å². The first-order valence-corrected chi connectivity index (χ1v) is 14.7. The number of hydrogen-bond donors (Lipinski definition) is 0. The number of para-hydroxylation sites is 2. The fraction of sp³-hybridized carbons (Fsp3) is 0.0312. The zero-order chi connectivity index (χ0) is 28.1. The summed E-state index contributed by atoms with van der Waals surface area (Å²) in [5, 5.41) is 7.59. The zero-order valence-electron chi connectivity index (χ0n) is 21.3. The van der Waals surface area contributed by atoms with Gasteiger partial charge in [-0.1, -0.05) is 79.9 Å². The number of rotatable bonds is 5. The molecule has 0 bridgehead atoms. The number of nitrogens with zero attached hydrogens (tertiary/aromatic N) is 4. The predicted molar refractivity (Wildman–Crippen MR) is 172 cm³/mol. The third-order valence-corrected chi connectivity index (χ3v) is 8.41. The largest absolute Gasteiger partial charge is 0.453 e. The molecule has 0 radical (unpaired) electrons. The van der Waals surface area contributed by atoms with E-state index in [-0.39, 0.29) is 5.56 Å².